The normalized spacial score (nSPS) is 17.6. The largest absolute Gasteiger partial charge is 0.472 e. The number of hydrogen-bond acceptors (Lipinski definition) is 7. The summed E-state index contributed by atoms with van der Waals surface area (Å²) in [6, 6.07) is 7.33. The van der Waals surface area contributed by atoms with Crippen LogP contribution in [0.25, 0.3) is 10.8 Å². The van der Waals surface area contributed by atoms with Gasteiger partial charge in [-0.2, -0.15) is 4.31 Å². The number of carbonyl (C=O) groups is 1. The summed E-state index contributed by atoms with van der Waals surface area (Å²) in [6.07, 6.45) is 4.59. The van der Waals surface area contributed by atoms with Crippen LogP contribution in [0.4, 0.5) is 0 Å². The van der Waals surface area contributed by atoms with E-state index in [0.29, 0.717) is 18.4 Å². The first-order valence-electron chi connectivity index (χ1n) is 8.95. The Labute approximate surface area is 166 Å². The van der Waals surface area contributed by atoms with Gasteiger partial charge in [0.2, 0.25) is 10.0 Å². The fraction of sp³-hybridized carbons (Fsp3) is 0.263. The van der Waals surface area contributed by atoms with Crippen molar-refractivity contribution in [2.24, 2.45) is 5.73 Å². The van der Waals surface area contributed by atoms with E-state index in [-0.39, 0.29) is 35.2 Å². The molecule has 10 heteroatoms. The molecule has 9 nitrogen and oxygen atoms in total. The number of hydrogen-bond donors (Lipinski definition) is 1. The van der Waals surface area contributed by atoms with Crippen molar-refractivity contribution in [1.82, 2.24) is 8.87 Å². The summed E-state index contributed by atoms with van der Waals surface area (Å²) in [5.74, 6) is -0.632. The van der Waals surface area contributed by atoms with Crippen molar-refractivity contribution in [3.63, 3.8) is 0 Å². The highest BCUT2D eigenvalue weighted by molar-refractivity contribution is 7.89. The monoisotopic (exact) mass is 417 g/mol. The van der Waals surface area contributed by atoms with Gasteiger partial charge in [0, 0.05) is 36.1 Å². The molecule has 2 N–H and O–H groups in total. The fourth-order valence-corrected chi connectivity index (χ4v) is 5.04. The number of furan rings is 1. The Hall–Kier alpha value is -2.95. The smallest absolute Gasteiger partial charge is 0.343 e. The summed E-state index contributed by atoms with van der Waals surface area (Å²) >= 11 is 0. The number of rotatable bonds is 5. The number of carbonyl (C=O) groups excluding carboxylic acids is 1. The zero-order valence-corrected chi connectivity index (χ0v) is 16.2. The standard InChI is InChI=1S/C19H19N3O6S/c20-14-4-8-22(10-14)29(25,26)17-3-1-2-16-15(17)5-7-21(18(16)23)12-28-19(24)13-6-9-27-11-13/h1-3,5-7,9,11,14H,4,8,10,12,20H2. The Morgan fingerprint density at radius 2 is 2.07 bits per heavy atom. The SMILES string of the molecule is NC1CCN(S(=O)(=O)c2cccc3c(=O)n(COC(=O)c4ccoc4)ccc23)C1. The zero-order chi connectivity index (χ0) is 20.6. The number of benzene rings is 1. The predicted molar refractivity (Wildman–Crippen MR) is 104 cm³/mol. The number of ether oxygens (including phenoxy) is 1. The average molecular weight is 417 g/mol. The van der Waals surface area contributed by atoms with Crippen molar-refractivity contribution in [2.75, 3.05) is 13.1 Å². The predicted octanol–water partition coefficient (Wildman–Crippen LogP) is 1.13. The highest BCUT2D eigenvalue weighted by atomic mass is 32.2. The van der Waals surface area contributed by atoms with Gasteiger partial charge in [-0.05, 0) is 30.7 Å². The first-order chi connectivity index (χ1) is 13.9. The van der Waals surface area contributed by atoms with Crippen LogP contribution in [0.2, 0.25) is 0 Å². The minimum Gasteiger partial charge on any atom is -0.472 e. The van der Waals surface area contributed by atoms with Crippen LogP contribution < -0.4 is 11.3 Å². The number of aromatic nitrogens is 1. The molecule has 152 valence electrons. The molecular formula is C19H19N3O6S. The van der Waals surface area contributed by atoms with Crippen LogP contribution in [0.5, 0.6) is 0 Å². The number of esters is 1. The lowest BCUT2D eigenvalue weighted by atomic mass is 10.2. The quantitative estimate of drug-likeness (QED) is 0.617. The molecule has 1 fully saturated rings. The lowest BCUT2D eigenvalue weighted by Gasteiger charge is -2.17. The Bertz CT molecular complexity index is 1220. The van der Waals surface area contributed by atoms with E-state index in [4.69, 9.17) is 14.9 Å². The van der Waals surface area contributed by atoms with Crippen LogP contribution in [0, 0.1) is 0 Å². The van der Waals surface area contributed by atoms with Gasteiger partial charge < -0.3 is 14.9 Å². The van der Waals surface area contributed by atoms with Crippen molar-refractivity contribution in [3.05, 3.63) is 65.0 Å². The van der Waals surface area contributed by atoms with E-state index in [9.17, 15) is 18.0 Å². The van der Waals surface area contributed by atoms with E-state index >= 15 is 0 Å². The molecule has 0 bridgehead atoms. The maximum atomic E-state index is 13.0. The van der Waals surface area contributed by atoms with Gasteiger partial charge in [-0.25, -0.2) is 13.2 Å². The molecule has 3 aromatic rings. The molecule has 0 spiro atoms. The van der Waals surface area contributed by atoms with Crippen LogP contribution in [0.3, 0.4) is 0 Å². The van der Waals surface area contributed by atoms with E-state index in [1.807, 2.05) is 0 Å². The second kappa shape index (κ2) is 7.47. The first kappa shape index (κ1) is 19.4. The molecule has 2 aromatic heterocycles. The number of nitrogens with two attached hydrogens (primary N) is 1. The van der Waals surface area contributed by atoms with Crippen LogP contribution in [-0.4, -0.2) is 42.4 Å². The lowest BCUT2D eigenvalue weighted by Crippen LogP contribution is -2.32. The Morgan fingerprint density at radius 3 is 2.76 bits per heavy atom. The average Bonchev–Trinajstić information content (AvgIpc) is 3.39. The van der Waals surface area contributed by atoms with Crippen molar-refractivity contribution in [1.29, 1.82) is 0 Å². The van der Waals surface area contributed by atoms with E-state index in [2.05, 4.69) is 0 Å². The van der Waals surface area contributed by atoms with Gasteiger partial charge in [0.15, 0.2) is 6.73 Å². The molecule has 0 radical (unpaired) electrons. The molecule has 0 amide bonds. The maximum Gasteiger partial charge on any atom is 0.343 e. The molecule has 1 aromatic carbocycles. The molecule has 1 atom stereocenters. The van der Waals surface area contributed by atoms with Crippen LogP contribution >= 0.6 is 0 Å². The van der Waals surface area contributed by atoms with Gasteiger partial charge in [-0.1, -0.05) is 6.07 Å². The molecule has 0 aliphatic carbocycles. The molecule has 1 saturated heterocycles. The third-order valence-electron chi connectivity index (χ3n) is 4.88. The molecule has 1 aliphatic rings. The van der Waals surface area contributed by atoms with E-state index < -0.39 is 21.6 Å². The first-order valence-corrected chi connectivity index (χ1v) is 10.4. The molecular weight excluding hydrogens is 398 g/mol. The molecule has 3 heterocycles. The number of sulfonamides is 1. The Kier molecular flexibility index (Phi) is 4.99. The summed E-state index contributed by atoms with van der Waals surface area (Å²) in [4.78, 5) is 24.8. The van der Waals surface area contributed by atoms with E-state index in [0.717, 1.165) is 0 Å². The second-order valence-corrected chi connectivity index (χ2v) is 8.70. The highest BCUT2D eigenvalue weighted by Gasteiger charge is 2.32. The lowest BCUT2D eigenvalue weighted by molar-refractivity contribution is 0.0366. The van der Waals surface area contributed by atoms with Gasteiger partial charge in [0.05, 0.1) is 16.7 Å². The number of nitrogens with zero attached hydrogens (tertiary/aromatic N) is 2. The summed E-state index contributed by atoms with van der Waals surface area (Å²) in [7, 11) is -3.77. The van der Waals surface area contributed by atoms with Gasteiger partial charge in [0.1, 0.15) is 6.26 Å². The van der Waals surface area contributed by atoms with E-state index in [1.165, 1.54) is 51.9 Å². The third-order valence-corrected chi connectivity index (χ3v) is 6.80. The summed E-state index contributed by atoms with van der Waals surface area (Å²) in [5, 5.41) is 0.534. The van der Waals surface area contributed by atoms with E-state index in [1.54, 1.807) is 6.07 Å². The minimum absolute atomic E-state index is 0.0590. The van der Waals surface area contributed by atoms with Gasteiger partial charge in [-0.3, -0.25) is 9.36 Å². The van der Waals surface area contributed by atoms with Crippen molar-refractivity contribution < 1.29 is 22.4 Å². The van der Waals surface area contributed by atoms with Gasteiger partial charge >= 0.3 is 5.97 Å². The molecule has 4 rings (SSSR count). The Balaban J connectivity index is 1.66. The molecule has 1 unspecified atom stereocenters. The highest BCUT2D eigenvalue weighted by Crippen LogP contribution is 2.26. The van der Waals surface area contributed by atoms with Gasteiger partial charge in [0.25, 0.3) is 5.56 Å². The zero-order valence-electron chi connectivity index (χ0n) is 15.4. The van der Waals surface area contributed by atoms with Crippen molar-refractivity contribution in [3.8, 4) is 0 Å². The van der Waals surface area contributed by atoms with Gasteiger partial charge in [-0.15, -0.1) is 0 Å². The second-order valence-electron chi connectivity index (χ2n) is 6.79. The molecule has 29 heavy (non-hydrogen) atoms. The summed E-state index contributed by atoms with van der Waals surface area (Å²) in [6.45, 7) is 0.289. The van der Waals surface area contributed by atoms with Crippen molar-refractivity contribution >= 4 is 26.8 Å². The van der Waals surface area contributed by atoms with Crippen LogP contribution in [0.1, 0.15) is 16.8 Å². The minimum atomic E-state index is -3.77. The Morgan fingerprint density at radius 1 is 1.24 bits per heavy atom. The molecule has 0 saturated carbocycles. The number of pyridine rings is 1. The summed E-state index contributed by atoms with van der Waals surface area (Å²) < 4.78 is 38.5. The maximum absolute atomic E-state index is 13.0. The number of fused-ring (bicyclic) bond motifs is 1. The van der Waals surface area contributed by atoms with Crippen LogP contribution in [0.15, 0.2) is 63.2 Å². The fourth-order valence-electron chi connectivity index (χ4n) is 3.32. The summed E-state index contributed by atoms with van der Waals surface area (Å²) in [5.41, 5.74) is 5.61. The van der Waals surface area contributed by atoms with Crippen LogP contribution in [-0.2, 0) is 21.5 Å². The van der Waals surface area contributed by atoms with Crippen molar-refractivity contribution in [2.45, 2.75) is 24.1 Å². The molecule has 1 aliphatic heterocycles. The topological polar surface area (TPSA) is 125 Å². The third kappa shape index (κ3) is 3.57.